The lowest BCUT2D eigenvalue weighted by Crippen LogP contribution is -2.68. The molecule has 0 aliphatic heterocycles. The van der Waals surface area contributed by atoms with Gasteiger partial charge in [-0.05, 0) is 16.9 Å². The molecule has 1 heterocycles. The van der Waals surface area contributed by atoms with E-state index in [1.54, 1.807) is 12.1 Å². The summed E-state index contributed by atoms with van der Waals surface area (Å²) in [6, 6.07) is 8.49. The summed E-state index contributed by atoms with van der Waals surface area (Å²) in [5.41, 5.74) is 0.453. The first kappa shape index (κ1) is 19.5. The van der Waals surface area contributed by atoms with E-state index in [1.807, 2.05) is 23.1 Å². The number of halogens is 2. The molecular weight excluding hydrogens is 329 g/mol. The number of nitrogens with zero attached hydrogens (tertiary/aromatic N) is 1. The molecule has 0 radical (unpaired) electrons. The first-order valence-corrected chi connectivity index (χ1v) is 8.23. The molecule has 0 fully saturated rings. The molecule has 0 saturated carbocycles. The van der Waals surface area contributed by atoms with Crippen molar-refractivity contribution in [1.29, 1.82) is 0 Å². The monoisotopic (exact) mass is 347 g/mol. The van der Waals surface area contributed by atoms with Crippen LogP contribution in [0.15, 0.2) is 41.1 Å². The lowest BCUT2D eigenvalue weighted by Gasteiger charge is -2.17. The molecule has 1 aromatic carbocycles. The van der Waals surface area contributed by atoms with E-state index in [4.69, 9.17) is 23.2 Å². The summed E-state index contributed by atoms with van der Waals surface area (Å²) in [5.74, 6) is 0.315. The third-order valence-corrected chi connectivity index (χ3v) is 3.75. The Balaban J connectivity index is 0.000000463. The molecule has 6 nitrogen and oxygen atoms in total. The zero-order chi connectivity index (χ0) is 17.7. The van der Waals surface area contributed by atoms with Gasteiger partial charge in [0.25, 0.3) is 0 Å². The molecule has 0 bridgehead atoms. The van der Waals surface area contributed by atoms with E-state index < -0.39 is 10.2 Å². The van der Waals surface area contributed by atoms with Gasteiger partial charge in [0.1, 0.15) is 5.82 Å². The Morgan fingerprint density at radius 2 is 1.61 bits per heavy atom. The summed E-state index contributed by atoms with van der Waals surface area (Å²) in [6.07, 6.45) is 3.82. The van der Waals surface area contributed by atoms with Crippen molar-refractivity contribution in [1.82, 2.24) is 0 Å². The third-order valence-electron chi connectivity index (χ3n) is 3.75. The maximum atomic E-state index is 13.7. The molecule has 2 aromatic rings. The predicted octanol–water partition coefficient (Wildman–Crippen LogP) is -0.848. The Labute approximate surface area is 136 Å². The molecule has 0 aliphatic carbocycles. The maximum Gasteiger partial charge on any atom is 0.221 e. The largest absolute Gasteiger partial charge is 0.236 e. The molecule has 128 valence electrons. The van der Waals surface area contributed by atoms with E-state index in [9.17, 15) is 4.39 Å². The smallest absolute Gasteiger partial charge is 0.221 e. The van der Waals surface area contributed by atoms with Crippen molar-refractivity contribution in [3.63, 3.8) is 0 Å². The fraction of sp³-hybridized carbons (Fsp3) is 0.400. The van der Waals surface area contributed by atoms with Gasteiger partial charge in [0.15, 0.2) is 0 Å². The Kier molecular flexibility index (Phi) is 6.67. The molecule has 1 aromatic heterocycles. The average Bonchev–Trinajstić information content (AvgIpc) is 2.95. The second-order valence-corrected chi connectivity index (χ2v) is 5.91. The molecule has 0 atom stereocenters. The summed E-state index contributed by atoms with van der Waals surface area (Å²) in [6.45, 7) is 6.39. The second kappa shape index (κ2) is 7.85. The predicted molar refractivity (Wildman–Crippen MR) is 68.5 cm³/mol. The van der Waals surface area contributed by atoms with Crippen molar-refractivity contribution >= 4 is 0 Å². The van der Waals surface area contributed by atoms with Gasteiger partial charge < -0.3 is 0 Å². The van der Waals surface area contributed by atoms with Crippen LogP contribution in [0.3, 0.4) is 0 Å². The minimum absolute atomic E-state index is 0.0521. The van der Waals surface area contributed by atoms with Crippen LogP contribution in [-0.2, 0) is 5.54 Å². The van der Waals surface area contributed by atoms with Gasteiger partial charge in [-0.2, -0.15) is 0 Å². The fourth-order valence-electron chi connectivity index (χ4n) is 1.95. The highest BCUT2D eigenvalue weighted by Gasteiger charge is 2.34. The van der Waals surface area contributed by atoms with Crippen LogP contribution in [0.2, 0.25) is 0 Å². The average molecular weight is 348 g/mol. The zero-order valence-electron chi connectivity index (χ0n) is 13.1. The summed E-state index contributed by atoms with van der Waals surface area (Å²) in [7, 11) is -4.94. The van der Waals surface area contributed by atoms with Crippen LogP contribution < -0.4 is 23.4 Å². The summed E-state index contributed by atoms with van der Waals surface area (Å²) < 4.78 is 55.3. The van der Waals surface area contributed by atoms with Gasteiger partial charge in [0, 0.05) is 19.8 Å². The number of hydrogen-bond acceptors (Lipinski definition) is 5. The third kappa shape index (κ3) is 5.89. The first-order chi connectivity index (χ1) is 10.6. The van der Waals surface area contributed by atoms with Crippen molar-refractivity contribution in [2.24, 2.45) is 0 Å². The highest BCUT2D eigenvalue weighted by atomic mass is 35.7. The molecule has 0 unspecified atom stereocenters. The van der Waals surface area contributed by atoms with E-state index in [2.05, 4.69) is 20.8 Å². The summed E-state index contributed by atoms with van der Waals surface area (Å²) >= 11 is 0. The van der Waals surface area contributed by atoms with E-state index in [0.717, 1.165) is 12.8 Å². The highest BCUT2D eigenvalue weighted by molar-refractivity contribution is 5.56. The van der Waals surface area contributed by atoms with Gasteiger partial charge in [-0.25, -0.2) is 27.5 Å². The second-order valence-electron chi connectivity index (χ2n) is 5.16. The molecule has 0 N–H and O–H groups in total. The van der Waals surface area contributed by atoms with Gasteiger partial charge in [-0.3, -0.25) is 0 Å². The Bertz CT molecular complexity index is 616. The Morgan fingerprint density at radius 3 is 2.09 bits per heavy atom. The van der Waals surface area contributed by atoms with Crippen LogP contribution in [0, 0.1) is 16.1 Å². The molecular formula is C15H19ClFNO5. The molecule has 0 aliphatic rings. The standard InChI is InChI=1S/C15H19FNO.ClHO4/c1-4-15(3,5-2)17-11-10-14(18-17)12-8-6-7-9-13(12)16;2-1(3,4)5/h6-11H,4-5H2,1-3H3;(H,2,3,4,5)/q+1;/p-1. The van der Waals surface area contributed by atoms with Gasteiger partial charge >= 0.3 is 0 Å². The van der Waals surface area contributed by atoms with Gasteiger partial charge in [-0.15, -0.1) is 10.2 Å². The van der Waals surface area contributed by atoms with Gasteiger partial charge in [0.2, 0.25) is 17.5 Å². The Morgan fingerprint density at radius 1 is 1.09 bits per heavy atom. The van der Waals surface area contributed by atoms with Crippen molar-refractivity contribution in [3.05, 3.63) is 42.3 Å². The van der Waals surface area contributed by atoms with Gasteiger partial charge in [-0.1, -0.05) is 26.0 Å². The highest BCUT2D eigenvalue weighted by Crippen LogP contribution is 2.24. The topological polar surface area (TPSA) is 109 Å². The van der Waals surface area contributed by atoms with Crippen LogP contribution in [0.25, 0.3) is 11.3 Å². The summed E-state index contributed by atoms with van der Waals surface area (Å²) in [4.78, 5) is 0. The first-order valence-electron chi connectivity index (χ1n) is 7.00. The summed E-state index contributed by atoms with van der Waals surface area (Å²) in [5, 5.41) is 0. The van der Waals surface area contributed by atoms with E-state index in [-0.39, 0.29) is 11.4 Å². The molecule has 8 heteroatoms. The lowest BCUT2D eigenvalue weighted by atomic mass is 9.96. The normalized spacial score (nSPS) is 11.8. The van der Waals surface area contributed by atoms with Crippen molar-refractivity contribution in [2.75, 3.05) is 0 Å². The van der Waals surface area contributed by atoms with Crippen LogP contribution in [0.1, 0.15) is 33.6 Å². The number of hydrogen-bond donors (Lipinski definition) is 0. The molecule has 0 spiro atoms. The minimum atomic E-state index is -4.94. The van der Waals surface area contributed by atoms with Crippen molar-refractivity contribution < 1.29 is 42.5 Å². The molecule has 0 saturated heterocycles. The number of benzene rings is 1. The molecule has 23 heavy (non-hydrogen) atoms. The zero-order valence-corrected chi connectivity index (χ0v) is 13.9. The van der Waals surface area contributed by atoms with Crippen LogP contribution in [0.4, 0.5) is 4.39 Å². The van der Waals surface area contributed by atoms with E-state index in [0.29, 0.717) is 11.3 Å². The van der Waals surface area contributed by atoms with Crippen LogP contribution in [-0.4, -0.2) is 0 Å². The fourth-order valence-corrected chi connectivity index (χ4v) is 1.95. The lowest BCUT2D eigenvalue weighted by molar-refractivity contribution is -2.00. The van der Waals surface area contributed by atoms with Crippen LogP contribution >= 0.6 is 0 Å². The molecule has 2 rings (SSSR count). The SMILES string of the molecule is CCC(C)(CC)[n+]1ccc(-c2ccccc2F)o1.[O-][Cl+3]([O-])([O-])[O-]. The number of rotatable bonds is 4. The molecule has 0 amide bonds. The van der Waals surface area contributed by atoms with E-state index in [1.165, 1.54) is 6.07 Å². The van der Waals surface area contributed by atoms with Crippen LogP contribution in [0.5, 0.6) is 0 Å². The van der Waals surface area contributed by atoms with E-state index >= 15 is 0 Å². The quantitative estimate of drug-likeness (QED) is 0.669. The van der Waals surface area contributed by atoms with Gasteiger partial charge in [0.05, 0.1) is 11.6 Å². The minimum Gasteiger partial charge on any atom is -0.236 e. The van der Waals surface area contributed by atoms with Crippen molar-refractivity contribution in [3.8, 4) is 11.3 Å². The Hall–Kier alpha value is -1.51. The van der Waals surface area contributed by atoms with Crippen molar-refractivity contribution in [2.45, 2.75) is 39.2 Å². The maximum absolute atomic E-state index is 13.7. The number of aromatic nitrogens is 1.